The number of aromatic nitrogens is 1. The summed E-state index contributed by atoms with van der Waals surface area (Å²) < 4.78 is 11.0. The largest absolute Gasteiger partial charge is 0.465 e. The Labute approximate surface area is 153 Å². The average Bonchev–Trinajstić information content (AvgIpc) is 2.94. The third kappa shape index (κ3) is 3.78. The topological polar surface area (TPSA) is 90.5 Å². The number of halogens is 1. The van der Waals surface area contributed by atoms with Gasteiger partial charge in [0, 0.05) is 17.6 Å². The number of esters is 1. The van der Waals surface area contributed by atoms with E-state index in [-0.39, 0.29) is 19.0 Å². The third-order valence-corrected chi connectivity index (χ3v) is 4.03. The molecule has 0 aliphatic heterocycles. The Morgan fingerprint density at radius 3 is 2.62 bits per heavy atom. The van der Waals surface area contributed by atoms with Gasteiger partial charge in [0.2, 0.25) is 5.91 Å². The average molecular weight is 375 g/mol. The zero-order valence-corrected chi connectivity index (χ0v) is 14.6. The van der Waals surface area contributed by atoms with Crippen molar-refractivity contribution in [3.63, 3.8) is 0 Å². The molecular formula is C18H15ClN2O5. The van der Waals surface area contributed by atoms with E-state index in [9.17, 15) is 14.4 Å². The normalized spacial score (nSPS) is 10.7. The van der Waals surface area contributed by atoms with Crippen LogP contribution in [0.3, 0.4) is 0 Å². The minimum absolute atomic E-state index is 0.173. The molecule has 3 rings (SSSR count). The molecule has 0 unspecified atom stereocenters. The van der Waals surface area contributed by atoms with Gasteiger partial charge in [-0.15, -0.1) is 0 Å². The van der Waals surface area contributed by atoms with Gasteiger partial charge in [0.25, 0.3) is 0 Å². The smallest absolute Gasteiger partial charge is 0.420 e. The first kappa shape index (κ1) is 17.8. The molecule has 1 heterocycles. The van der Waals surface area contributed by atoms with Gasteiger partial charge in [-0.3, -0.25) is 9.36 Å². The van der Waals surface area contributed by atoms with Crippen LogP contribution in [0, 0.1) is 0 Å². The number of amides is 1. The van der Waals surface area contributed by atoms with Crippen LogP contribution in [0.1, 0.15) is 15.9 Å². The number of oxazole rings is 1. The van der Waals surface area contributed by atoms with Gasteiger partial charge in [-0.25, -0.2) is 9.59 Å². The number of methoxy groups -OCH3 is 1. The molecule has 3 aromatic rings. The van der Waals surface area contributed by atoms with Gasteiger partial charge in [-0.2, -0.15) is 0 Å². The Balaban J connectivity index is 1.65. The number of fused-ring (bicyclic) bond motifs is 1. The molecule has 0 atom stereocenters. The Kier molecular flexibility index (Phi) is 5.09. The number of nitrogens with one attached hydrogen (secondary N) is 1. The summed E-state index contributed by atoms with van der Waals surface area (Å²) in [4.78, 5) is 35.5. The predicted octanol–water partition coefficient (Wildman–Crippen LogP) is 2.35. The second-order valence-electron chi connectivity index (χ2n) is 5.53. The maximum Gasteiger partial charge on any atom is 0.420 e. The van der Waals surface area contributed by atoms with Crippen molar-refractivity contribution in [1.29, 1.82) is 0 Å². The summed E-state index contributed by atoms with van der Waals surface area (Å²) in [5.74, 6) is -1.39. The molecule has 1 N–H and O–H groups in total. The fourth-order valence-electron chi connectivity index (χ4n) is 2.47. The van der Waals surface area contributed by atoms with E-state index in [4.69, 9.17) is 16.0 Å². The number of rotatable bonds is 5. The second kappa shape index (κ2) is 7.45. The van der Waals surface area contributed by atoms with Crippen LogP contribution in [0.5, 0.6) is 0 Å². The molecular weight excluding hydrogens is 360 g/mol. The molecule has 0 fully saturated rings. The number of hydrogen-bond acceptors (Lipinski definition) is 5. The fourth-order valence-corrected chi connectivity index (χ4v) is 2.63. The van der Waals surface area contributed by atoms with Gasteiger partial charge in [0.15, 0.2) is 5.58 Å². The maximum absolute atomic E-state index is 12.2. The monoisotopic (exact) mass is 374 g/mol. The Morgan fingerprint density at radius 2 is 1.92 bits per heavy atom. The summed E-state index contributed by atoms with van der Waals surface area (Å²) in [5.41, 5.74) is 2.06. The third-order valence-electron chi connectivity index (χ3n) is 3.80. The molecule has 26 heavy (non-hydrogen) atoms. The van der Waals surface area contributed by atoms with Crippen molar-refractivity contribution in [2.75, 3.05) is 7.11 Å². The van der Waals surface area contributed by atoms with Crippen LogP contribution in [0.2, 0.25) is 5.02 Å². The highest BCUT2D eigenvalue weighted by Gasteiger charge is 2.13. The summed E-state index contributed by atoms with van der Waals surface area (Å²) in [5, 5.41) is 3.16. The molecule has 2 aromatic carbocycles. The van der Waals surface area contributed by atoms with Crippen molar-refractivity contribution in [1.82, 2.24) is 9.88 Å². The number of carbonyl (C=O) groups is 2. The standard InChI is InChI=1S/C18H15ClN2O5/c1-25-17(23)12-4-2-11(3-5-12)9-20-16(22)10-21-14-7-6-13(19)8-15(14)26-18(21)24/h2-8H,9-10H2,1H3,(H,20,22). The lowest BCUT2D eigenvalue weighted by molar-refractivity contribution is -0.121. The Hall–Kier alpha value is -3.06. The molecule has 0 bridgehead atoms. The SMILES string of the molecule is COC(=O)c1ccc(CNC(=O)Cn2c(=O)oc3cc(Cl)ccc32)cc1. The van der Waals surface area contributed by atoms with E-state index >= 15 is 0 Å². The number of benzene rings is 2. The van der Waals surface area contributed by atoms with E-state index in [0.29, 0.717) is 21.7 Å². The molecule has 0 saturated heterocycles. The van der Waals surface area contributed by atoms with Gasteiger partial charge < -0.3 is 14.5 Å². The van der Waals surface area contributed by atoms with E-state index < -0.39 is 11.7 Å². The predicted molar refractivity (Wildman–Crippen MR) is 95.1 cm³/mol. The van der Waals surface area contributed by atoms with Crippen LogP contribution in [-0.2, 0) is 22.6 Å². The molecule has 1 aromatic heterocycles. The van der Waals surface area contributed by atoms with E-state index in [0.717, 1.165) is 5.56 Å². The lowest BCUT2D eigenvalue weighted by atomic mass is 10.1. The van der Waals surface area contributed by atoms with Crippen molar-refractivity contribution in [2.45, 2.75) is 13.1 Å². The summed E-state index contributed by atoms with van der Waals surface area (Å²) in [6.45, 7) is 0.0877. The zero-order valence-electron chi connectivity index (χ0n) is 13.8. The molecule has 134 valence electrons. The molecule has 1 amide bonds. The lowest BCUT2D eigenvalue weighted by Gasteiger charge is -2.07. The van der Waals surface area contributed by atoms with Crippen LogP contribution in [-0.4, -0.2) is 23.6 Å². The minimum atomic E-state index is -0.625. The van der Waals surface area contributed by atoms with E-state index in [2.05, 4.69) is 10.1 Å². The first-order chi connectivity index (χ1) is 12.5. The Bertz CT molecular complexity index is 1020. The Morgan fingerprint density at radius 1 is 1.19 bits per heavy atom. The minimum Gasteiger partial charge on any atom is -0.465 e. The highest BCUT2D eigenvalue weighted by atomic mass is 35.5. The first-order valence-electron chi connectivity index (χ1n) is 7.71. The molecule has 0 spiro atoms. The second-order valence-corrected chi connectivity index (χ2v) is 5.97. The fraction of sp³-hybridized carbons (Fsp3) is 0.167. The zero-order chi connectivity index (χ0) is 18.7. The van der Waals surface area contributed by atoms with Gasteiger partial charge in [0.05, 0.1) is 18.2 Å². The number of nitrogens with zero attached hydrogens (tertiary/aromatic N) is 1. The number of ether oxygens (including phenoxy) is 1. The summed E-state index contributed by atoms with van der Waals surface area (Å²) >= 11 is 5.86. The van der Waals surface area contributed by atoms with E-state index in [1.807, 2.05) is 0 Å². The number of carbonyl (C=O) groups excluding carboxylic acids is 2. The maximum atomic E-state index is 12.2. The first-order valence-corrected chi connectivity index (χ1v) is 8.08. The van der Waals surface area contributed by atoms with Crippen LogP contribution in [0.25, 0.3) is 11.1 Å². The van der Waals surface area contributed by atoms with Crippen molar-refractivity contribution >= 4 is 34.6 Å². The van der Waals surface area contributed by atoms with E-state index in [1.54, 1.807) is 36.4 Å². The molecule has 8 heteroatoms. The number of hydrogen-bond donors (Lipinski definition) is 1. The lowest BCUT2D eigenvalue weighted by Crippen LogP contribution is -2.30. The molecule has 0 saturated carbocycles. The van der Waals surface area contributed by atoms with Gasteiger partial charge >= 0.3 is 11.7 Å². The van der Waals surface area contributed by atoms with Crippen molar-refractivity contribution in [2.24, 2.45) is 0 Å². The summed E-state index contributed by atoms with van der Waals surface area (Å²) in [6.07, 6.45) is 0. The molecule has 7 nitrogen and oxygen atoms in total. The van der Waals surface area contributed by atoms with Gasteiger partial charge in [0.1, 0.15) is 6.54 Å². The van der Waals surface area contributed by atoms with Crippen molar-refractivity contribution in [3.05, 3.63) is 69.2 Å². The van der Waals surface area contributed by atoms with Crippen LogP contribution < -0.4 is 11.1 Å². The van der Waals surface area contributed by atoms with Crippen LogP contribution in [0.4, 0.5) is 0 Å². The molecule has 0 radical (unpaired) electrons. The molecule has 0 aliphatic rings. The summed E-state index contributed by atoms with van der Waals surface area (Å²) in [7, 11) is 1.31. The van der Waals surface area contributed by atoms with Gasteiger partial charge in [-0.05, 0) is 29.8 Å². The summed E-state index contributed by atoms with van der Waals surface area (Å²) in [6, 6.07) is 11.4. The van der Waals surface area contributed by atoms with E-state index in [1.165, 1.54) is 17.7 Å². The highest BCUT2D eigenvalue weighted by Crippen LogP contribution is 2.18. The highest BCUT2D eigenvalue weighted by molar-refractivity contribution is 6.31. The van der Waals surface area contributed by atoms with Crippen LogP contribution in [0.15, 0.2) is 51.7 Å². The van der Waals surface area contributed by atoms with Crippen molar-refractivity contribution in [3.8, 4) is 0 Å². The van der Waals surface area contributed by atoms with Crippen LogP contribution >= 0.6 is 11.6 Å². The molecule has 0 aliphatic carbocycles. The quantitative estimate of drug-likeness (QED) is 0.692. The van der Waals surface area contributed by atoms with Gasteiger partial charge in [-0.1, -0.05) is 23.7 Å². The van der Waals surface area contributed by atoms with Crippen molar-refractivity contribution < 1.29 is 18.7 Å².